The summed E-state index contributed by atoms with van der Waals surface area (Å²) in [7, 11) is -5.43. The van der Waals surface area contributed by atoms with Crippen LogP contribution in [-0.4, -0.2) is 5.71 Å². The molecule has 0 amide bonds. The Morgan fingerprint density at radius 2 is 1.82 bits per heavy atom. The molecule has 0 aromatic heterocycles. The van der Waals surface area contributed by atoms with Crippen LogP contribution in [0.5, 0.6) is 0 Å². The first-order valence-electron chi connectivity index (χ1n) is 6.55. The first kappa shape index (κ1) is 18.7. The van der Waals surface area contributed by atoms with Gasteiger partial charge in [-0.1, -0.05) is 37.2 Å². The lowest BCUT2D eigenvalue weighted by atomic mass is 9.89. The Balaban J connectivity index is 3.43. The van der Waals surface area contributed by atoms with Gasteiger partial charge in [0.1, 0.15) is 7.82 Å². The van der Waals surface area contributed by atoms with Crippen LogP contribution < -0.4 is 9.79 Å². The van der Waals surface area contributed by atoms with Crippen LogP contribution in [-0.2, 0) is 15.4 Å². The van der Waals surface area contributed by atoms with Gasteiger partial charge in [0, 0.05) is 11.5 Å². The van der Waals surface area contributed by atoms with Crippen molar-refractivity contribution in [2.75, 3.05) is 0 Å². The average molecular weight is 337 g/mol. The van der Waals surface area contributed by atoms with E-state index in [-0.39, 0.29) is 11.3 Å². The summed E-state index contributed by atoms with van der Waals surface area (Å²) in [6.45, 7) is 3.43. The zero-order valence-corrected chi connectivity index (χ0v) is 12.9. The summed E-state index contributed by atoms with van der Waals surface area (Å²) in [5, 5.41) is 3.21. The molecule has 0 bridgehead atoms. The van der Waals surface area contributed by atoms with Crippen molar-refractivity contribution in [1.29, 1.82) is 0 Å². The number of hydrogen-bond donors (Lipinski definition) is 0. The number of halogens is 3. The SMILES string of the molecule is CCC(CC)C(=NOP(=O)([O-])[O-])c1ccccc1C(F)(F)F. The van der Waals surface area contributed by atoms with Crippen LogP contribution in [0.1, 0.15) is 37.8 Å². The lowest BCUT2D eigenvalue weighted by molar-refractivity contribution is -0.341. The molecule has 1 rings (SSSR count). The van der Waals surface area contributed by atoms with Gasteiger partial charge in [-0.15, -0.1) is 0 Å². The van der Waals surface area contributed by atoms with Gasteiger partial charge in [0.05, 0.1) is 11.3 Å². The van der Waals surface area contributed by atoms with Crippen LogP contribution in [0, 0.1) is 5.92 Å². The Labute approximate surface area is 126 Å². The van der Waals surface area contributed by atoms with Gasteiger partial charge < -0.3 is 19.0 Å². The van der Waals surface area contributed by atoms with Gasteiger partial charge in [-0.25, -0.2) is 0 Å². The molecule has 124 valence electrons. The van der Waals surface area contributed by atoms with Gasteiger partial charge in [-0.05, 0) is 18.9 Å². The molecule has 0 spiro atoms. The second-order valence-electron chi connectivity index (χ2n) is 4.56. The van der Waals surface area contributed by atoms with E-state index < -0.39 is 25.5 Å². The van der Waals surface area contributed by atoms with Crippen molar-refractivity contribution in [3.8, 4) is 0 Å². The van der Waals surface area contributed by atoms with Crippen molar-refractivity contribution < 1.29 is 32.1 Å². The van der Waals surface area contributed by atoms with Crippen LogP contribution in [0.2, 0.25) is 0 Å². The number of phosphoric acid groups is 1. The molecule has 0 unspecified atom stereocenters. The minimum atomic E-state index is -5.43. The molecular formula is C13H15F3NO4P-2. The summed E-state index contributed by atoms with van der Waals surface area (Å²) in [4.78, 5) is 21.1. The first-order valence-corrected chi connectivity index (χ1v) is 8.01. The van der Waals surface area contributed by atoms with Crippen LogP contribution in [0.4, 0.5) is 13.2 Å². The van der Waals surface area contributed by atoms with Crippen molar-refractivity contribution in [2.24, 2.45) is 11.1 Å². The van der Waals surface area contributed by atoms with Crippen molar-refractivity contribution >= 4 is 13.5 Å². The molecule has 0 saturated heterocycles. The molecule has 0 aliphatic rings. The van der Waals surface area contributed by atoms with Crippen molar-refractivity contribution in [2.45, 2.75) is 32.9 Å². The summed E-state index contributed by atoms with van der Waals surface area (Å²) < 4.78 is 53.7. The fraction of sp³-hybridized carbons (Fsp3) is 0.462. The van der Waals surface area contributed by atoms with Gasteiger partial charge in [-0.3, -0.25) is 0 Å². The number of hydrogen-bond acceptors (Lipinski definition) is 5. The van der Waals surface area contributed by atoms with Crippen LogP contribution in [0.15, 0.2) is 29.4 Å². The summed E-state index contributed by atoms with van der Waals surface area (Å²) in [6, 6.07) is 4.62. The number of benzene rings is 1. The average Bonchev–Trinajstić information content (AvgIpc) is 2.41. The van der Waals surface area contributed by atoms with Crippen LogP contribution in [0.25, 0.3) is 0 Å². The van der Waals surface area contributed by atoms with E-state index in [9.17, 15) is 27.5 Å². The van der Waals surface area contributed by atoms with Gasteiger partial charge in [0.15, 0.2) is 0 Å². The summed E-state index contributed by atoms with van der Waals surface area (Å²) in [5.74, 6) is -0.477. The maximum atomic E-state index is 13.1. The number of alkyl halides is 3. The highest BCUT2D eigenvalue weighted by Gasteiger charge is 2.35. The monoisotopic (exact) mass is 337 g/mol. The van der Waals surface area contributed by atoms with Gasteiger partial charge in [0.25, 0.3) is 0 Å². The van der Waals surface area contributed by atoms with E-state index >= 15 is 0 Å². The molecular weight excluding hydrogens is 322 g/mol. The third kappa shape index (κ3) is 5.12. The van der Waals surface area contributed by atoms with E-state index in [0.29, 0.717) is 12.8 Å². The third-order valence-electron chi connectivity index (χ3n) is 3.12. The van der Waals surface area contributed by atoms with E-state index in [1.807, 2.05) is 0 Å². The highest BCUT2D eigenvalue weighted by molar-refractivity contribution is 7.43. The van der Waals surface area contributed by atoms with Crippen LogP contribution in [0.3, 0.4) is 0 Å². The third-order valence-corrected chi connectivity index (χ3v) is 3.40. The molecule has 0 aliphatic heterocycles. The number of rotatable bonds is 6. The molecule has 0 radical (unpaired) electrons. The molecule has 0 aliphatic carbocycles. The van der Waals surface area contributed by atoms with Gasteiger partial charge >= 0.3 is 6.18 Å². The Morgan fingerprint density at radius 3 is 2.27 bits per heavy atom. The fourth-order valence-electron chi connectivity index (χ4n) is 2.07. The van der Waals surface area contributed by atoms with Crippen LogP contribution >= 0.6 is 7.82 Å². The Morgan fingerprint density at radius 1 is 1.27 bits per heavy atom. The van der Waals surface area contributed by atoms with E-state index in [2.05, 4.69) is 9.78 Å². The molecule has 0 heterocycles. The molecule has 0 atom stereocenters. The van der Waals surface area contributed by atoms with Gasteiger partial charge in [0.2, 0.25) is 0 Å². The number of oxime groups is 1. The highest BCUT2D eigenvalue weighted by Crippen LogP contribution is 2.35. The summed E-state index contributed by atoms with van der Waals surface area (Å²) in [6.07, 6.45) is -3.82. The Hall–Kier alpha value is -1.37. The maximum absolute atomic E-state index is 13.1. The molecule has 22 heavy (non-hydrogen) atoms. The Kier molecular flexibility index (Phi) is 6.17. The quantitative estimate of drug-likeness (QED) is 0.454. The highest BCUT2D eigenvalue weighted by atomic mass is 31.2. The normalized spacial score (nSPS) is 13.5. The minimum absolute atomic E-state index is 0.204. The largest absolute Gasteiger partial charge is 0.778 e. The second kappa shape index (κ2) is 7.26. The standard InChI is InChI=1S/C13H17F3NO4P/c1-3-9(4-2)12(17-21-22(18,19)20)10-7-5-6-8-11(10)13(14,15)16/h5-9H,3-4H2,1-2H3,(H2,18,19,20)/p-2. The van der Waals surface area contributed by atoms with Gasteiger partial charge in [-0.2, -0.15) is 13.2 Å². The summed E-state index contributed by atoms with van der Waals surface area (Å²) in [5.41, 5.74) is -1.46. The second-order valence-corrected chi connectivity index (χ2v) is 5.62. The maximum Gasteiger partial charge on any atom is 0.417 e. The van der Waals surface area contributed by atoms with E-state index in [1.54, 1.807) is 13.8 Å². The smallest absolute Gasteiger partial charge is 0.417 e. The predicted octanol–water partition coefficient (Wildman–Crippen LogP) is 2.69. The zero-order chi connectivity index (χ0) is 17.0. The van der Waals surface area contributed by atoms with Crippen molar-refractivity contribution in [3.63, 3.8) is 0 Å². The molecule has 1 aromatic rings. The predicted molar refractivity (Wildman–Crippen MR) is 70.7 cm³/mol. The topological polar surface area (TPSA) is 84.8 Å². The lowest BCUT2D eigenvalue weighted by Gasteiger charge is -2.27. The summed E-state index contributed by atoms with van der Waals surface area (Å²) >= 11 is 0. The van der Waals surface area contributed by atoms with Crippen molar-refractivity contribution in [3.05, 3.63) is 35.4 Å². The molecule has 5 nitrogen and oxygen atoms in total. The molecule has 0 saturated carbocycles. The van der Waals surface area contributed by atoms with E-state index in [1.165, 1.54) is 18.2 Å². The molecule has 1 aromatic carbocycles. The van der Waals surface area contributed by atoms with Crippen molar-refractivity contribution in [1.82, 2.24) is 0 Å². The number of nitrogens with zero attached hydrogens (tertiary/aromatic N) is 1. The Bertz CT molecular complexity index is 579. The fourth-order valence-corrected chi connectivity index (χ4v) is 2.25. The zero-order valence-electron chi connectivity index (χ0n) is 12.0. The van der Waals surface area contributed by atoms with E-state index in [4.69, 9.17) is 0 Å². The molecule has 9 heteroatoms. The molecule has 0 fully saturated rings. The molecule has 0 N–H and O–H groups in total. The van der Waals surface area contributed by atoms with E-state index in [0.717, 1.165) is 6.07 Å². The lowest BCUT2D eigenvalue weighted by Crippen LogP contribution is -2.22. The first-order chi connectivity index (χ1) is 10.1. The minimum Gasteiger partial charge on any atom is -0.778 e.